The van der Waals surface area contributed by atoms with Gasteiger partial charge in [0.25, 0.3) is 5.69 Å². The van der Waals surface area contributed by atoms with Crippen molar-refractivity contribution in [2.75, 3.05) is 26.6 Å². The van der Waals surface area contributed by atoms with E-state index in [1.165, 1.54) is 19.2 Å². The number of nitro benzene ring substituents is 1. The summed E-state index contributed by atoms with van der Waals surface area (Å²) in [5.41, 5.74) is 1.35. The lowest BCUT2D eigenvalue weighted by molar-refractivity contribution is -0.384. The fourth-order valence-corrected chi connectivity index (χ4v) is 2.50. The van der Waals surface area contributed by atoms with E-state index in [9.17, 15) is 10.1 Å². The van der Waals surface area contributed by atoms with Crippen LogP contribution in [0.25, 0.3) is 0 Å². The van der Waals surface area contributed by atoms with E-state index in [0.717, 1.165) is 5.56 Å². The van der Waals surface area contributed by atoms with Crippen LogP contribution in [0.3, 0.4) is 0 Å². The Kier molecular flexibility index (Phi) is 5.70. The molecule has 0 atom stereocenters. The van der Waals surface area contributed by atoms with Crippen LogP contribution in [0.2, 0.25) is 5.02 Å². The summed E-state index contributed by atoms with van der Waals surface area (Å²) in [5.74, 6) is 1.60. The van der Waals surface area contributed by atoms with Gasteiger partial charge in [-0.3, -0.25) is 10.1 Å². The molecule has 0 aliphatic rings. The van der Waals surface area contributed by atoms with E-state index in [4.69, 9.17) is 25.8 Å². The standard InChI is InChI=1S/C16H17ClN2O5/c1-22-14-7-4-10(15(23-2)16(14)24-3)9-18-13-6-5-11(19(20)21)8-12(13)17/h4-8,18H,9H2,1-3H3. The topological polar surface area (TPSA) is 82.9 Å². The van der Waals surface area contributed by atoms with Gasteiger partial charge in [-0.1, -0.05) is 11.6 Å². The number of hydrogen-bond acceptors (Lipinski definition) is 6. The molecule has 0 spiro atoms. The smallest absolute Gasteiger partial charge is 0.271 e. The van der Waals surface area contributed by atoms with Crippen molar-refractivity contribution in [3.63, 3.8) is 0 Å². The van der Waals surface area contributed by atoms with Crippen LogP contribution in [-0.2, 0) is 6.54 Å². The second-order valence-corrected chi connectivity index (χ2v) is 5.18. The minimum absolute atomic E-state index is 0.0609. The van der Waals surface area contributed by atoms with Crippen molar-refractivity contribution < 1.29 is 19.1 Å². The Morgan fingerprint density at radius 2 is 1.79 bits per heavy atom. The molecule has 0 amide bonds. The Morgan fingerprint density at radius 1 is 1.08 bits per heavy atom. The van der Waals surface area contributed by atoms with Gasteiger partial charge >= 0.3 is 0 Å². The lowest BCUT2D eigenvalue weighted by Gasteiger charge is -2.16. The maximum atomic E-state index is 10.7. The van der Waals surface area contributed by atoms with E-state index in [1.807, 2.05) is 6.07 Å². The maximum absolute atomic E-state index is 10.7. The predicted octanol–water partition coefficient (Wildman–Crippen LogP) is 3.89. The van der Waals surface area contributed by atoms with Crippen molar-refractivity contribution in [2.45, 2.75) is 6.54 Å². The van der Waals surface area contributed by atoms with Crippen LogP contribution >= 0.6 is 11.6 Å². The summed E-state index contributed by atoms with van der Waals surface area (Å²) in [6.07, 6.45) is 0. The highest BCUT2D eigenvalue weighted by Crippen LogP contribution is 2.40. The molecule has 0 unspecified atom stereocenters. The number of nitrogens with zero attached hydrogens (tertiary/aromatic N) is 1. The molecule has 0 saturated heterocycles. The van der Waals surface area contributed by atoms with E-state index >= 15 is 0 Å². The van der Waals surface area contributed by atoms with Gasteiger partial charge in [0.05, 0.1) is 37.0 Å². The van der Waals surface area contributed by atoms with Crippen molar-refractivity contribution >= 4 is 23.0 Å². The third-order valence-corrected chi connectivity index (χ3v) is 3.73. The van der Waals surface area contributed by atoms with Gasteiger partial charge in [-0.2, -0.15) is 0 Å². The molecule has 1 N–H and O–H groups in total. The highest BCUT2D eigenvalue weighted by Gasteiger charge is 2.16. The number of anilines is 1. The molecule has 7 nitrogen and oxygen atoms in total. The number of halogens is 1. The van der Waals surface area contributed by atoms with E-state index in [2.05, 4.69) is 5.32 Å². The van der Waals surface area contributed by atoms with E-state index in [-0.39, 0.29) is 10.7 Å². The second-order valence-electron chi connectivity index (χ2n) is 4.77. The van der Waals surface area contributed by atoms with E-state index in [1.54, 1.807) is 26.4 Å². The average molecular weight is 353 g/mol. The molecule has 2 rings (SSSR count). The molecular weight excluding hydrogens is 336 g/mol. The van der Waals surface area contributed by atoms with Gasteiger partial charge in [0.15, 0.2) is 11.5 Å². The molecule has 0 radical (unpaired) electrons. The minimum Gasteiger partial charge on any atom is -0.493 e. The Hall–Kier alpha value is -2.67. The number of nitrogens with one attached hydrogen (secondary N) is 1. The highest BCUT2D eigenvalue weighted by molar-refractivity contribution is 6.33. The third kappa shape index (κ3) is 3.62. The average Bonchev–Trinajstić information content (AvgIpc) is 2.59. The normalized spacial score (nSPS) is 10.2. The maximum Gasteiger partial charge on any atom is 0.271 e. The first-order valence-electron chi connectivity index (χ1n) is 6.97. The molecule has 8 heteroatoms. The van der Waals surface area contributed by atoms with Crippen LogP contribution < -0.4 is 19.5 Å². The SMILES string of the molecule is COc1ccc(CNc2ccc([N+](=O)[O-])cc2Cl)c(OC)c1OC. The number of rotatable bonds is 7. The fraction of sp³-hybridized carbons (Fsp3) is 0.250. The summed E-state index contributed by atoms with van der Waals surface area (Å²) in [6, 6.07) is 7.87. The van der Waals surface area contributed by atoms with Gasteiger partial charge in [-0.15, -0.1) is 0 Å². The van der Waals surface area contributed by atoms with Crippen molar-refractivity contribution in [1.29, 1.82) is 0 Å². The van der Waals surface area contributed by atoms with E-state index < -0.39 is 4.92 Å². The number of hydrogen-bond donors (Lipinski definition) is 1. The number of methoxy groups -OCH3 is 3. The van der Waals surface area contributed by atoms with Gasteiger partial charge in [0, 0.05) is 24.2 Å². The molecule has 0 heterocycles. The molecule has 128 valence electrons. The molecule has 0 aromatic heterocycles. The molecule has 0 saturated carbocycles. The van der Waals surface area contributed by atoms with Gasteiger partial charge < -0.3 is 19.5 Å². The Morgan fingerprint density at radius 3 is 2.33 bits per heavy atom. The fourth-order valence-electron chi connectivity index (χ4n) is 2.25. The lowest BCUT2D eigenvalue weighted by atomic mass is 10.1. The molecule has 24 heavy (non-hydrogen) atoms. The Bertz CT molecular complexity index is 751. The van der Waals surface area contributed by atoms with Crippen LogP contribution in [0.5, 0.6) is 17.2 Å². The number of nitro groups is 1. The summed E-state index contributed by atoms with van der Waals surface area (Å²) in [6.45, 7) is 0.390. The summed E-state index contributed by atoms with van der Waals surface area (Å²) >= 11 is 6.08. The first-order valence-corrected chi connectivity index (χ1v) is 7.35. The number of non-ortho nitro benzene ring substituents is 1. The van der Waals surface area contributed by atoms with Crippen LogP contribution in [0.15, 0.2) is 30.3 Å². The second kappa shape index (κ2) is 7.74. The zero-order valence-electron chi connectivity index (χ0n) is 13.5. The van der Waals surface area contributed by atoms with E-state index in [0.29, 0.717) is 29.5 Å². The zero-order valence-corrected chi connectivity index (χ0v) is 14.2. The van der Waals surface area contributed by atoms with Gasteiger partial charge in [-0.05, 0) is 18.2 Å². The summed E-state index contributed by atoms with van der Waals surface area (Å²) in [7, 11) is 4.62. The first kappa shape index (κ1) is 17.7. The van der Waals surface area contributed by atoms with Crippen LogP contribution in [0.1, 0.15) is 5.56 Å². The zero-order chi connectivity index (χ0) is 17.7. The van der Waals surface area contributed by atoms with Crippen molar-refractivity contribution in [3.8, 4) is 17.2 Å². The van der Waals surface area contributed by atoms with Crippen molar-refractivity contribution in [1.82, 2.24) is 0 Å². The van der Waals surface area contributed by atoms with Crippen LogP contribution in [-0.4, -0.2) is 26.3 Å². The summed E-state index contributed by atoms with van der Waals surface area (Å²) in [4.78, 5) is 10.2. The molecular formula is C16H17ClN2O5. The molecule has 0 aliphatic carbocycles. The van der Waals surface area contributed by atoms with Gasteiger partial charge in [0.1, 0.15) is 0 Å². The van der Waals surface area contributed by atoms with Gasteiger partial charge in [0.2, 0.25) is 5.75 Å². The first-order chi connectivity index (χ1) is 11.5. The molecule has 0 bridgehead atoms. The number of ether oxygens (including phenoxy) is 3. The highest BCUT2D eigenvalue weighted by atomic mass is 35.5. The molecule has 2 aromatic rings. The van der Waals surface area contributed by atoms with Crippen LogP contribution in [0, 0.1) is 10.1 Å². The quantitative estimate of drug-likeness (QED) is 0.601. The predicted molar refractivity (Wildman–Crippen MR) is 91.5 cm³/mol. The largest absolute Gasteiger partial charge is 0.493 e. The Balaban J connectivity index is 2.25. The monoisotopic (exact) mass is 352 g/mol. The Labute approximate surface area is 144 Å². The number of benzene rings is 2. The molecule has 0 fully saturated rings. The van der Waals surface area contributed by atoms with Gasteiger partial charge in [-0.25, -0.2) is 0 Å². The van der Waals surface area contributed by atoms with Crippen molar-refractivity contribution in [3.05, 3.63) is 51.0 Å². The third-order valence-electron chi connectivity index (χ3n) is 3.42. The molecule has 2 aromatic carbocycles. The van der Waals surface area contributed by atoms with Crippen molar-refractivity contribution in [2.24, 2.45) is 0 Å². The summed E-state index contributed by atoms with van der Waals surface area (Å²) in [5, 5.41) is 14.1. The summed E-state index contributed by atoms with van der Waals surface area (Å²) < 4.78 is 16.0. The molecule has 0 aliphatic heterocycles. The minimum atomic E-state index is -0.493. The van der Waals surface area contributed by atoms with Crippen LogP contribution in [0.4, 0.5) is 11.4 Å². The lowest BCUT2D eigenvalue weighted by Crippen LogP contribution is -2.04.